The molecule has 0 N–H and O–H groups in total. The topological polar surface area (TPSA) is 8.81 Å². The molecule has 2 nitrogen and oxygen atoms in total. The first-order valence-electron chi connectivity index (χ1n) is 17.5. The van der Waals surface area contributed by atoms with Crippen molar-refractivity contribution in [2.24, 2.45) is 0 Å². The monoisotopic (exact) mass is 684 g/mol. The Morgan fingerprint density at radius 1 is 0.500 bits per heavy atom. The molecular formula is C46H41N2PS+2. The van der Waals surface area contributed by atoms with Gasteiger partial charge >= 0.3 is 5.16 Å². The van der Waals surface area contributed by atoms with Crippen LogP contribution in [0.3, 0.4) is 0 Å². The second-order valence-electron chi connectivity index (χ2n) is 12.9. The number of fused-ring (bicyclic) bond motifs is 2. The van der Waals surface area contributed by atoms with Crippen LogP contribution in [-0.2, 0) is 13.1 Å². The largest absolute Gasteiger partial charge is 0.318 e. The fourth-order valence-electron chi connectivity index (χ4n) is 7.27. The molecule has 0 atom stereocenters. The Kier molecular flexibility index (Phi) is 9.61. The quantitative estimate of drug-likeness (QED) is 0.0539. The van der Waals surface area contributed by atoms with Gasteiger partial charge in [0, 0.05) is 5.75 Å². The zero-order valence-electron chi connectivity index (χ0n) is 28.2. The molecule has 0 amide bonds. The van der Waals surface area contributed by atoms with Crippen LogP contribution in [0.15, 0.2) is 193 Å². The highest BCUT2D eigenvalue weighted by molar-refractivity contribution is 7.99. The van der Waals surface area contributed by atoms with Gasteiger partial charge in [0.1, 0.15) is 48.7 Å². The van der Waals surface area contributed by atoms with E-state index in [4.69, 9.17) is 0 Å². The number of aromatic nitrogens is 2. The summed E-state index contributed by atoms with van der Waals surface area (Å²) in [6, 6.07) is 64.8. The third kappa shape index (κ3) is 6.77. The summed E-state index contributed by atoms with van der Waals surface area (Å²) in [6.07, 6.45) is 6.77. The minimum atomic E-state index is -1.87. The lowest BCUT2D eigenvalue weighted by molar-refractivity contribution is -0.725. The van der Waals surface area contributed by atoms with Crippen molar-refractivity contribution in [3.05, 3.63) is 199 Å². The number of hydrogen-bond donors (Lipinski definition) is 0. The normalized spacial score (nSPS) is 11.7. The van der Waals surface area contributed by atoms with Gasteiger partial charge in [-0.15, -0.1) is 0 Å². The van der Waals surface area contributed by atoms with Gasteiger partial charge in [-0.05, 0) is 99.4 Å². The van der Waals surface area contributed by atoms with Crippen LogP contribution in [0, 0.1) is 0 Å². The Bertz CT molecular complexity index is 2140. The molecule has 0 fully saturated rings. The molecule has 0 radical (unpaired) electrons. The van der Waals surface area contributed by atoms with E-state index in [0.717, 1.165) is 31.4 Å². The van der Waals surface area contributed by atoms with Gasteiger partial charge < -0.3 is 0 Å². The number of imidazole rings is 1. The van der Waals surface area contributed by atoms with E-state index >= 15 is 0 Å². The van der Waals surface area contributed by atoms with Crippen LogP contribution in [0.1, 0.15) is 17.5 Å². The molecule has 0 saturated heterocycles. The first-order valence-corrected chi connectivity index (χ1v) is 20.4. The SMILES string of the molecule is c1ccc([P+](CCCSc2n(Cc3ccc4ccccc4c3)cc[n+]2Cc2ccc3ccccc3c2)(c2ccccc2)c2ccccc2)cc1. The first kappa shape index (κ1) is 32.3. The van der Waals surface area contributed by atoms with Crippen LogP contribution in [-0.4, -0.2) is 16.5 Å². The summed E-state index contributed by atoms with van der Waals surface area (Å²) >= 11 is 2.00. The van der Waals surface area contributed by atoms with Crippen molar-refractivity contribution in [3.8, 4) is 0 Å². The predicted octanol–water partition coefficient (Wildman–Crippen LogP) is 9.65. The molecule has 0 aliphatic heterocycles. The summed E-state index contributed by atoms with van der Waals surface area (Å²) < 4.78 is 4.90. The van der Waals surface area contributed by atoms with Gasteiger partial charge in [-0.2, -0.15) is 0 Å². The maximum absolute atomic E-state index is 2.45. The molecule has 0 spiro atoms. The van der Waals surface area contributed by atoms with Crippen LogP contribution >= 0.6 is 19.0 Å². The van der Waals surface area contributed by atoms with E-state index in [9.17, 15) is 0 Å². The van der Waals surface area contributed by atoms with Gasteiger partial charge in [0.05, 0.1) is 6.16 Å². The molecule has 8 rings (SSSR count). The molecular weight excluding hydrogens is 644 g/mol. The zero-order valence-corrected chi connectivity index (χ0v) is 29.9. The van der Waals surface area contributed by atoms with Gasteiger partial charge in [0.25, 0.3) is 0 Å². The molecule has 0 unspecified atom stereocenters. The van der Waals surface area contributed by atoms with Crippen LogP contribution in [0.2, 0.25) is 0 Å². The number of benzene rings is 7. The summed E-state index contributed by atoms with van der Waals surface area (Å²) in [7, 11) is -1.87. The average Bonchev–Trinajstić information content (AvgIpc) is 3.55. The van der Waals surface area contributed by atoms with E-state index in [-0.39, 0.29) is 0 Å². The van der Waals surface area contributed by atoms with E-state index in [1.54, 1.807) is 0 Å². The van der Waals surface area contributed by atoms with Crippen LogP contribution in [0.4, 0.5) is 0 Å². The lowest BCUT2D eigenvalue weighted by atomic mass is 10.1. The second-order valence-corrected chi connectivity index (χ2v) is 17.6. The van der Waals surface area contributed by atoms with Gasteiger partial charge in [0.15, 0.2) is 0 Å². The summed E-state index contributed by atoms with van der Waals surface area (Å²) in [5.74, 6) is 1.04. The summed E-state index contributed by atoms with van der Waals surface area (Å²) in [4.78, 5) is 0. The Morgan fingerprint density at radius 2 is 0.980 bits per heavy atom. The molecule has 1 aromatic heterocycles. The van der Waals surface area contributed by atoms with Crippen molar-refractivity contribution in [3.63, 3.8) is 0 Å². The summed E-state index contributed by atoms with van der Waals surface area (Å²) in [5, 5.41) is 10.8. The van der Waals surface area contributed by atoms with E-state index in [2.05, 4.69) is 197 Å². The molecule has 0 bridgehead atoms. The van der Waals surface area contributed by atoms with Crippen molar-refractivity contribution in [2.75, 3.05) is 11.9 Å². The fraction of sp³-hybridized carbons (Fsp3) is 0.109. The lowest BCUT2D eigenvalue weighted by Crippen LogP contribution is -2.35. The number of nitrogens with zero attached hydrogens (tertiary/aromatic N) is 2. The Hall–Kier alpha value is -4.95. The molecule has 4 heteroatoms. The molecule has 50 heavy (non-hydrogen) atoms. The molecule has 0 aliphatic rings. The molecule has 0 saturated carbocycles. The van der Waals surface area contributed by atoms with Gasteiger partial charge in [-0.25, -0.2) is 9.13 Å². The summed E-state index contributed by atoms with van der Waals surface area (Å²) in [5.41, 5.74) is 2.64. The molecule has 1 heterocycles. The van der Waals surface area contributed by atoms with Crippen molar-refractivity contribution in [1.29, 1.82) is 0 Å². The maximum atomic E-state index is 2.45. The lowest BCUT2D eigenvalue weighted by Gasteiger charge is -2.27. The minimum absolute atomic E-state index is 0.840. The van der Waals surface area contributed by atoms with Gasteiger partial charge in [-0.3, -0.25) is 0 Å². The minimum Gasteiger partial charge on any atom is -0.220 e. The van der Waals surface area contributed by atoms with Crippen molar-refractivity contribution < 1.29 is 4.57 Å². The van der Waals surface area contributed by atoms with Gasteiger partial charge in [0.2, 0.25) is 0 Å². The zero-order chi connectivity index (χ0) is 33.6. The van der Waals surface area contributed by atoms with E-state index in [0.29, 0.717) is 0 Å². The highest BCUT2D eigenvalue weighted by atomic mass is 32.2. The van der Waals surface area contributed by atoms with E-state index in [1.807, 2.05) is 11.8 Å². The average molecular weight is 685 g/mol. The number of thioether (sulfide) groups is 1. The first-order chi connectivity index (χ1) is 24.8. The van der Waals surface area contributed by atoms with Crippen LogP contribution in [0.25, 0.3) is 21.5 Å². The maximum Gasteiger partial charge on any atom is 0.318 e. The molecule has 8 aromatic rings. The molecule has 244 valence electrons. The van der Waals surface area contributed by atoms with Crippen molar-refractivity contribution in [2.45, 2.75) is 24.7 Å². The standard InChI is InChI=1S/C46H41N2PS/c1-4-19-43(20-5-1)49(44-21-6-2-7-22-44,45-23-8-3-9-24-45)31-14-32-50-46-47(35-37-25-27-39-15-10-12-17-41(39)33-37)29-30-48(46)36-38-26-28-40-16-11-13-18-42(40)34-38/h1-13,15-30,33-34H,14,31-32,35-36H2/q+2. The molecule has 0 aliphatic carbocycles. The Labute approximate surface area is 300 Å². The third-order valence-electron chi connectivity index (χ3n) is 9.71. The molecule has 7 aromatic carbocycles. The van der Waals surface area contributed by atoms with Crippen LogP contribution < -0.4 is 20.5 Å². The smallest absolute Gasteiger partial charge is 0.220 e. The number of hydrogen-bond acceptors (Lipinski definition) is 1. The van der Waals surface area contributed by atoms with Crippen molar-refractivity contribution in [1.82, 2.24) is 4.57 Å². The van der Waals surface area contributed by atoms with E-state index in [1.165, 1.54) is 53.7 Å². The highest BCUT2D eigenvalue weighted by Crippen LogP contribution is 2.55. The summed E-state index contributed by atoms with van der Waals surface area (Å²) in [6.45, 7) is 1.68. The van der Waals surface area contributed by atoms with Gasteiger partial charge in [-0.1, -0.05) is 127 Å². The number of rotatable bonds is 12. The predicted molar refractivity (Wildman–Crippen MR) is 216 cm³/mol. The third-order valence-corrected chi connectivity index (χ3v) is 15.5. The Morgan fingerprint density at radius 3 is 1.54 bits per heavy atom. The highest BCUT2D eigenvalue weighted by Gasteiger charge is 2.44. The Balaban J connectivity index is 1.11. The van der Waals surface area contributed by atoms with Crippen molar-refractivity contribution >= 4 is 56.5 Å². The second kappa shape index (κ2) is 14.9. The van der Waals surface area contributed by atoms with Crippen LogP contribution in [0.5, 0.6) is 0 Å². The fourth-order valence-corrected chi connectivity index (χ4v) is 12.9. The van der Waals surface area contributed by atoms with E-state index < -0.39 is 7.26 Å².